The number of rotatable bonds is 6. The van der Waals surface area contributed by atoms with Gasteiger partial charge in [0.1, 0.15) is 5.69 Å². The van der Waals surface area contributed by atoms with Gasteiger partial charge in [0.2, 0.25) is 5.91 Å². The zero-order valence-electron chi connectivity index (χ0n) is 19.4. The van der Waals surface area contributed by atoms with Gasteiger partial charge in [-0.25, -0.2) is 4.68 Å². The van der Waals surface area contributed by atoms with Gasteiger partial charge >= 0.3 is 0 Å². The third-order valence-corrected chi connectivity index (χ3v) is 6.43. The van der Waals surface area contributed by atoms with Gasteiger partial charge in [-0.2, -0.15) is 5.10 Å². The summed E-state index contributed by atoms with van der Waals surface area (Å²) in [6, 6.07) is 15.2. The summed E-state index contributed by atoms with van der Waals surface area (Å²) in [5.41, 5.74) is 2.71. The molecule has 0 N–H and O–H groups in total. The molecule has 1 saturated carbocycles. The van der Waals surface area contributed by atoms with Crippen molar-refractivity contribution >= 4 is 11.8 Å². The summed E-state index contributed by atoms with van der Waals surface area (Å²) in [6.07, 6.45) is 3.77. The van der Waals surface area contributed by atoms with E-state index in [1.54, 1.807) is 25.1 Å². The van der Waals surface area contributed by atoms with Crippen molar-refractivity contribution in [3.8, 4) is 28.4 Å². The van der Waals surface area contributed by atoms with E-state index in [4.69, 9.17) is 14.6 Å². The first-order chi connectivity index (χ1) is 16.6. The molecule has 2 fully saturated rings. The molecule has 0 bridgehead atoms. The Hall–Kier alpha value is -3.81. The molecule has 2 aliphatic rings. The van der Waals surface area contributed by atoms with Crippen molar-refractivity contribution in [1.29, 1.82) is 0 Å². The van der Waals surface area contributed by atoms with E-state index in [1.807, 2.05) is 58.3 Å². The van der Waals surface area contributed by atoms with Gasteiger partial charge in [-0.15, -0.1) is 0 Å². The monoisotopic (exact) mass is 460 g/mol. The van der Waals surface area contributed by atoms with Crippen molar-refractivity contribution < 1.29 is 19.1 Å². The van der Waals surface area contributed by atoms with Gasteiger partial charge in [0, 0.05) is 43.9 Å². The lowest BCUT2D eigenvalue weighted by Crippen LogP contribution is -2.51. The molecule has 0 spiro atoms. The van der Waals surface area contributed by atoms with Crippen LogP contribution in [0.5, 0.6) is 11.5 Å². The topological polar surface area (TPSA) is 76.9 Å². The largest absolute Gasteiger partial charge is 0.493 e. The third kappa shape index (κ3) is 4.23. The molecule has 5 rings (SSSR count). The van der Waals surface area contributed by atoms with E-state index in [2.05, 4.69) is 0 Å². The lowest BCUT2D eigenvalue weighted by molar-refractivity contribution is -0.134. The van der Waals surface area contributed by atoms with Crippen LogP contribution in [0.15, 0.2) is 54.7 Å². The van der Waals surface area contributed by atoms with Crippen molar-refractivity contribution in [3.63, 3.8) is 0 Å². The van der Waals surface area contributed by atoms with Crippen molar-refractivity contribution in [2.45, 2.75) is 12.8 Å². The molecule has 0 radical (unpaired) electrons. The molecule has 2 amide bonds. The smallest absolute Gasteiger partial charge is 0.257 e. The minimum absolute atomic E-state index is 0.0921. The van der Waals surface area contributed by atoms with E-state index < -0.39 is 0 Å². The second kappa shape index (κ2) is 9.21. The van der Waals surface area contributed by atoms with Gasteiger partial charge in [0.25, 0.3) is 5.91 Å². The molecule has 2 aromatic carbocycles. The predicted octanol–water partition coefficient (Wildman–Crippen LogP) is 3.25. The summed E-state index contributed by atoms with van der Waals surface area (Å²) in [4.78, 5) is 29.8. The summed E-state index contributed by atoms with van der Waals surface area (Å²) in [5, 5.41) is 4.78. The number of ether oxygens (including phenoxy) is 2. The Balaban J connectivity index is 1.46. The molecular weight excluding hydrogens is 432 g/mol. The first-order valence-corrected chi connectivity index (χ1v) is 11.5. The second-order valence-corrected chi connectivity index (χ2v) is 8.63. The number of aromatic nitrogens is 2. The molecule has 1 aliphatic heterocycles. The summed E-state index contributed by atoms with van der Waals surface area (Å²) < 4.78 is 12.6. The number of para-hydroxylation sites is 1. The SMILES string of the molecule is COc1ccc(-c2nn(-c3ccccc3)cc2C(=O)N2CCN(C(=O)C3CC3)CC2)cc1OC. The summed E-state index contributed by atoms with van der Waals surface area (Å²) in [5.74, 6) is 1.52. The molecule has 176 valence electrons. The average Bonchev–Trinajstić information content (AvgIpc) is 3.66. The van der Waals surface area contributed by atoms with Crippen LogP contribution in [-0.4, -0.2) is 71.8 Å². The number of carbonyl (C=O) groups excluding carboxylic acids is 2. The fourth-order valence-electron chi connectivity index (χ4n) is 4.33. The Labute approximate surface area is 198 Å². The number of piperazine rings is 1. The van der Waals surface area contributed by atoms with Gasteiger partial charge in [-0.05, 0) is 43.2 Å². The van der Waals surface area contributed by atoms with E-state index in [-0.39, 0.29) is 17.7 Å². The maximum Gasteiger partial charge on any atom is 0.257 e. The highest BCUT2D eigenvalue weighted by Crippen LogP contribution is 2.34. The minimum Gasteiger partial charge on any atom is -0.493 e. The van der Waals surface area contributed by atoms with E-state index in [1.165, 1.54) is 0 Å². The highest BCUT2D eigenvalue weighted by molar-refractivity contribution is 6.00. The summed E-state index contributed by atoms with van der Waals surface area (Å²) >= 11 is 0. The van der Waals surface area contributed by atoms with E-state index >= 15 is 0 Å². The maximum atomic E-state index is 13.7. The quantitative estimate of drug-likeness (QED) is 0.564. The predicted molar refractivity (Wildman–Crippen MR) is 127 cm³/mol. The highest BCUT2D eigenvalue weighted by Gasteiger charge is 2.35. The first kappa shape index (κ1) is 22.0. The van der Waals surface area contributed by atoms with Crippen LogP contribution in [0.1, 0.15) is 23.2 Å². The molecule has 0 unspecified atom stereocenters. The van der Waals surface area contributed by atoms with E-state index in [9.17, 15) is 9.59 Å². The van der Waals surface area contributed by atoms with Crippen molar-refractivity contribution in [2.24, 2.45) is 5.92 Å². The van der Waals surface area contributed by atoms with Gasteiger partial charge in [0.05, 0.1) is 25.5 Å². The zero-order chi connectivity index (χ0) is 23.7. The normalized spacial score (nSPS) is 15.8. The standard InChI is InChI=1S/C26H28N4O4/c1-33-22-11-10-19(16-23(22)34-2)24-21(17-30(27-24)20-6-4-3-5-7-20)26(32)29-14-12-28(13-15-29)25(31)18-8-9-18/h3-7,10-11,16-18H,8-9,12-15H2,1-2H3. The number of amides is 2. The van der Waals surface area contributed by atoms with Crippen molar-refractivity contribution in [1.82, 2.24) is 19.6 Å². The first-order valence-electron chi connectivity index (χ1n) is 11.5. The molecule has 8 nitrogen and oxygen atoms in total. The molecule has 1 aromatic heterocycles. The zero-order valence-corrected chi connectivity index (χ0v) is 19.4. The van der Waals surface area contributed by atoms with Crippen LogP contribution in [0.25, 0.3) is 16.9 Å². The second-order valence-electron chi connectivity index (χ2n) is 8.63. The molecule has 1 aliphatic carbocycles. The van der Waals surface area contributed by atoms with Gasteiger partial charge < -0.3 is 19.3 Å². The van der Waals surface area contributed by atoms with E-state index in [0.717, 1.165) is 24.1 Å². The Kier molecular flexibility index (Phi) is 5.96. The van der Waals surface area contributed by atoms with Crippen LogP contribution in [-0.2, 0) is 4.79 Å². The number of nitrogens with zero attached hydrogens (tertiary/aromatic N) is 4. The molecule has 1 saturated heterocycles. The molecule has 34 heavy (non-hydrogen) atoms. The fourth-order valence-corrected chi connectivity index (χ4v) is 4.33. The lowest BCUT2D eigenvalue weighted by Gasteiger charge is -2.34. The highest BCUT2D eigenvalue weighted by atomic mass is 16.5. The fraction of sp³-hybridized carbons (Fsp3) is 0.346. The van der Waals surface area contributed by atoms with Crippen LogP contribution in [0, 0.1) is 5.92 Å². The number of carbonyl (C=O) groups is 2. The van der Waals surface area contributed by atoms with E-state index in [0.29, 0.717) is 48.9 Å². The van der Waals surface area contributed by atoms with Crippen LogP contribution in [0.4, 0.5) is 0 Å². The van der Waals surface area contributed by atoms with Crippen LogP contribution < -0.4 is 9.47 Å². The Morgan fingerprint density at radius 1 is 0.882 bits per heavy atom. The van der Waals surface area contributed by atoms with Crippen LogP contribution >= 0.6 is 0 Å². The van der Waals surface area contributed by atoms with Gasteiger partial charge in [0.15, 0.2) is 11.5 Å². The Morgan fingerprint density at radius 2 is 1.56 bits per heavy atom. The number of benzene rings is 2. The van der Waals surface area contributed by atoms with Gasteiger partial charge in [-0.3, -0.25) is 9.59 Å². The molecular formula is C26H28N4O4. The minimum atomic E-state index is -0.0921. The maximum absolute atomic E-state index is 13.7. The van der Waals surface area contributed by atoms with Crippen LogP contribution in [0.2, 0.25) is 0 Å². The number of hydrogen-bond acceptors (Lipinski definition) is 5. The Bertz CT molecular complexity index is 1190. The van der Waals surface area contributed by atoms with Gasteiger partial charge in [-0.1, -0.05) is 18.2 Å². The number of methoxy groups -OCH3 is 2. The molecule has 2 heterocycles. The van der Waals surface area contributed by atoms with Crippen molar-refractivity contribution in [2.75, 3.05) is 40.4 Å². The number of hydrogen-bond donors (Lipinski definition) is 0. The lowest BCUT2D eigenvalue weighted by atomic mass is 10.1. The molecule has 8 heteroatoms. The third-order valence-electron chi connectivity index (χ3n) is 6.43. The van der Waals surface area contributed by atoms with Crippen molar-refractivity contribution in [3.05, 3.63) is 60.3 Å². The summed E-state index contributed by atoms with van der Waals surface area (Å²) in [7, 11) is 3.17. The molecule has 0 atom stereocenters. The van der Waals surface area contributed by atoms with Crippen LogP contribution in [0.3, 0.4) is 0 Å². The Morgan fingerprint density at radius 3 is 2.21 bits per heavy atom. The average molecular weight is 461 g/mol. The molecule has 3 aromatic rings. The summed E-state index contributed by atoms with van der Waals surface area (Å²) in [6.45, 7) is 2.16.